The van der Waals surface area contributed by atoms with Crippen LogP contribution >= 0.6 is 34.5 Å². The molecule has 0 bridgehead atoms. The summed E-state index contributed by atoms with van der Waals surface area (Å²) in [5.74, 6) is 2.42. The maximum atomic E-state index is 12.7. The molecule has 3 heterocycles. The molecule has 0 atom stereocenters. The predicted octanol–water partition coefficient (Wildman–Crippen LogP) is 7.16. The number of aromatic nitrogens is 2. The number of piperazine rings is 1. The van der Waals surface area contributed by atoms with Gasteiger partial charge in [-0.25, -0.2) is 18.1 Å². The molecule has 2 aromatic heterocycles. The molecule has 1 aliphatic carbocycles. The fourth-order valence-electron chi connectivity index (χ4n) is 5.88. The molecule has 230 valence electrons. The molecule has 6 rings (SSSR count). The molecule has 0 radical (unpaired) electrons. The molecule has 12 heteroatoms. The lowest BCUT2D eigenvalue weighted by atomic mass is 9.82. The first-order chi connectivity index (χ1) is 20.4. The molecule has 2 aliphatic rings. The number of anilines is 3. The second-order valence-electron chi connectivity index (χ2n) is 11.0. The van der Waals surface area contributed by atoms with Gasteiger partial charge in [0.1, 0.15) is 15.0 Å². The molecule has 0 amide bonds. The third kappa shape index (κ3) is 7.54. The molecule has 0 spiro atoms. The summed E-state index contributed by atoms with van der Waals surface area (Å²) in [6.45, 7) is 4.88. The van der Waals surface area contributed by atoms with Gasteiger partial charge in [0.25, 0.3) is 0 Å². The number of rotatable bonds is 9. The first-order valence-electron chi connectivity index (χ1n) is 14.4. The van der Waals surface area contributed by atoms with E-state index in [2.05, 4.69) is 62.3 Å². The van der Waals surface area contributed by atoms with E-state index in [9.17, 15) is 8.42 Å². The molecule has 4 aromatic rings. The van der Waals surface area contributed by atoms with Gasteiger partial charge in [-0.1, -0.05) is 61.0 Å². The average Bonchev–Trinajstić information content (AvgIpc) is 3.38. The SMILES string of the molecule is C.O=S(=O)(NCC1CCC(CNc2nc(N3CCN(c4ccccc4)CC3)c3ccccc3n2)CC1)c1cc(Cl)sc1Cl. The summed E-state index contributed by atoms with van der Waals surface area (Å²) < 4.78 is 28.6. The van der Waals surface area contributed by atoms with E-state index in [1.165, 1.54) is 11.8 Å². The van der Waals surface area contributed by atoms with Gasteiger partial charge in [0.15, 0.2) is 0 Å². The van der Waals surface area contributed by atoms with E-state index in [1.54, 1.807) is 0 Å². The number of sulfonamides is 1. The molecular weight excluding hydrogens is 623 g/mol. The normalized spacial score (nSPS) is 19.3. The summed E-state index contributed by atoms with van der Waals surface area (Å²) in [5, 5.41) is 4.60. The lowest BCUT2D eigenvalue weighted by Gasteiger charge is -2.37. The highest BCUT2D eigenvalue weighted by atomic mass is 35.5. The van der Waals surface area contributed by atoms with E-state index in [4.69, 9.17) is 33.2 Å². The van der Waals surface area contributed by atoms with E-state index in [0.717, 1.165) is 86.5 Å². The summed E-state index contributed by atoms with van der Waals surface area (Å²) >= 11 is 13.1. The molecule has 1 saturated heterocycles. The first-order valence-corrected chi connectivity index (χ1v) is 17.4. The number of fused-ring (bicyclic) bond motifs is 1. The molecule has 8 nitrogen and oxygen atoms in total. The molecule has 0 unspecified atom stereocenters. The van der Waals surface area contributed by atoms with Crippen LogP contribution in [0, 0.1) is 11.8 Å². The van der Waals surface area contributed by atoms with Crippen molar-refractivity contribution in [3.8, 4) is 0 Å². The fourth-order valence-corrected chi connectivity index (χ4v) is 9.15. The first kappa shape index (κ1) is 31.8. The van der Waals surface area contributed by atoms with Crippen LogP contribution in [0.15, 0.2) is 65.6 Å². The Morgan fingerprint density at radius 3 is 2.14 bits per heavy atom. The van der Waals surface area contributed by atoms with Crippen LogP contribution in [0.25, 0.3) is 10.9 Å². The van der Waals surface area contributed by atoms with Crippen molar-refractivity contribution in [2.24, 2.45) is 11.8 Å². The minimum Gasteiger partial charge on any atom is -0.368 e. The van der Waals surface area contributed by atoms with E-state index in [-0.39, 0.29) is 16.7 Å². The maximum Gasteiger partial charge on any atom is 0.242 e. The van der Waals surface area contributed by atoms with Crippen LogP contribution in [0.4, 0.5) is 17.5 Å². The summed E-state index contributed by atoms with van der Waals surface area (Å²) in [7, 11) is -3.67. The second-order valence-corrected chi connectivity index (χ2v) is 15.0. The Hall–Kier alpha value is -2.63. The molecular formula is C31H38Cl2N6O2S2. The van der Waals surface area contributed by atoms with Crippen LogP contribution in [-0.2, 0) is 10.0 Å². The minimum absolute atomic E-state index is 0. The molecule has 2 N–H and O–H groups in total. The van der Waals surface area contributed by atoms with Gasteiger partial charge < -0.3 is 15.1 Å². The van der Waals surface area contributed by atoms with Crippen LogP contribution in [0.1, 0.15) is 33.1 Å². The number of hydrogen-bond donors (Lipinski definition) is 2. The van der Waals surface area contributed by atoms with Crippen molar-refractivity contribution >= 4 is 72.9 Å². The molecule has 43 heavy (non-hydrogen) atoms. The van der Waals surface area contributed by atoms with E-state index < -0.39 is 10.0 Å². The van der Waals surface area contributed by atoms with Crippen molar-refractivity contribution in [2.75, 3.05) is 54.4 Å². The largest absolute Gasteiger partial charge is 0.368 e. The van der Waals surface area contributed by atoms with Crippen LogP contribution in [-0.4, -0.2) is 57.7 Å². The third-order valence-electron chi connectivity index (χ3n) is 8.28. The van der Waals surface area contributed by atoms with Crippen molar-refractivity contribution in [1.29, 1.82) is 0 Å². The van der Waals surface area contributed by atoms with Gasteiger partial charge in [0.2, 0.25) is 16.0 Å². The highest BCUT2D eigenvalue weighted by Gasteiger charge is 2.26. The molecule has 2 aromatic carbocycles. The number of hydrogen-bond acceptors (Lipinski definition) is 8. The van der Waals surface area contributed by atoms with Crippen LogP contribution in [0.5, 0.6) is 0 Å². The lowest BCUT2D eigenvalue weighted by Crippen LogP contribution is -2.47. The summed E-state index contributed by atoms with van der Waals surface area (Å²) in [5.41, 5.74) is 2.20. The number of benzene rings is 2. The number of para-hydroxylation sites is 2. The smallest absolute Gasteiger partial charge is 0.242 e. The van der Waals surface area contributed by atoms with Gasteiger partial charge in [-0.05, 0) is 67.9 Å². The van der Waals surface area contributed by atoms with E-state index >= 15 is 0 Å². The number of halogens is 2. The van der Waals surface area contributed by atoms with Gasteiger partial charge in [-0.15, -0.1) is 11.3 Å². The van der Waals surface area contributed by atoms with Crippen molar-refractivity contribution < 1.29 is 8.42 Å². The van der Waals surface area contributed by atoms with Crippen molar-refractivity contribution in [3.63, 3.8) is 0 Å². The summed E-state index contributed by atoms with van der Waals surface area (Å²) in [6.07, 6.45) is 3.96. The number of nitrogens with zero attached hydrogens (tertiary/aromatic N) is 4. The molecule has 1 saturated carbocycles. The van der Waals surface area contributed by atoms with Gasteiger partial charge in [0.05, 0.1) is 9.85 Å². The Morgan fingerprint density at radius 1 is 0.837 bits per heavy atom. The predicted molar refractivity (Wildman–Crippen MR) is 181 cm³/mol. The second kappa shape index (κ2) is 14.0. The maximum absolute atomic E-state index is 12.7. The monoisotopic (exact) mass is 660 g/mol. The van der Waals surface area contributed by atoms with E-state index in [1.807, 2.05) is 12.1 Å². The van der Waals surface area contributed by atoms with Gasteiger partial charge >= 0.3 is 0 Å². The Labute approximate surface area is 268 Å². The third-order valence-corrected chi connectivity index (χ3v) is 11.5. The Balaban J connectivity index is 0.00000368. The average molecular weight is 662 g/mol. The lowest BCUT2D eigenvalue weighted by molar-refractivity contribution is 0.284. The molecule has 1 aliphatic heterocycles. The van der Waals surface area contributed by atoms with E-state index in [0.29, 0.717) is 28.7 Å². The zero-order chi connectivity index (χ0) is 29.1. The minimum atomic E-state index is -3.67. The van der Waals surface area contributed by atoms with Crippen LogP contribution in [0.3, 0.4) is 0 Å². The quantitative estimate of drug-likeness (QED) is 0.197. The highest BCUT2D eigenvalue weighted by Crippen LogP contribution is 2.35. The van der Waals surface area contributed by atoms with Crippen molar-refractivity contribution in [3.05, 3.63) is 69.3 Å². The number of nitrogens with one attached hydrogen (secondary N) is 2. The Bertz CT molecular complexity index is 1620. The standard InChI is InChI=1S/C30H34Cl2N6O2S2.CH4/c31-27-18-26(28(32)41-27)42(39,40)34-20-22-12-10-21(11-13-22)19-33-30-35-25-9-5-4-8-24(25)29(36-30)38-16-14-37(15-17-38)23-6-2-1-3-7-23;/h1-9,18,21-22,34H,10-17,19-20H2,(H,33,35,36);1H4. The van der Waals surface area contributed by atoms with Gasteiger partial charge in [-0.3, -0.25) is 0 Å². The zero-order valence-corrected chi connectivity index (χ0v) is 26.3. The van der Waals surface area contributed by atoms with Crippen LogP contribution < -0.4 is 19.8 Å². The van der Waals surface area contributed by atoms with Crippen molar-refractivity contribution in [2.45, 2.75) is 38.0 Å². The Kier molecular flexibility index (Phi) is 10.3. The fraction of sp³-hybridized carbons (Fsp3) is 0.419. The van der Waals surface area contributed by atoms with Gasteiger partial charge in [-0.2, -0.15) is 4.98 Å². The topological polar surface area (TPSA) is 90.5 Å². The van der Waals surface area contributed by atoms with Gasteiger partial charge in [0, 0.05) is 50.3 Å². The summed E-state index contributed by atoms with van der Waals surface area (Å²) in [4.78, 5) is 14.7. The molecule has 2 fully saturated rings. The Morgan fingerprint density at radius 2 is 1.47 bits per heavy atom. The number of thiophene rings is 1. The van der Waals surface area contributed by atoms with Crippen molar-refractivity contribution in [1.82, 2.24) is 14.7 Å². The van der Waals surface area contributed by atoms with Crippen LogP contribution in [0.2, 0.25) is 8.67 Å². The zero-order valence-electron chi connectivity index (χ0n) is 23.2. The highest BCUT2D eigenvalue weighted by molar-refractivity contribution is 7.89. The summed E-state index contributed by atoms with van der Waals surface area (Å²) in [6, 6.07) is 20.2.